The first-order valence-electron chi connectivity index (χ1n) is 15.8. The number of methoxy groups -OCH3 is 1. The molecule has 0 bridgehead atoms. The van der Waals surface area contributed by atoms with E-state index in [1.165, 1.54) is 13.2 Å². The van der Waals surface area contributed by atoms with Crippen molar-refractivity contribution >= 4 is 17.3 Å². The molecule has 0 saturated carbocycles. The smallest absolute Gasteiger partial charge is 0.202 e. The van der Waals surface area contributed by atoms with E-state index in [-0.39, 0.29) is 64.4 Å². The molecule has 0 spiro atoms. The summed E-state index contributed by atoms with van der Waals surface area (Å²) in [4.78, 5) is 39.0. The Kier molecular flexibility index (Phi) is 14.7. The number of rotatable bonds is 5. The largest absolute Gasteiger partial charge is 0.507 e. The molecule has 0 amide bonds. The Morgan fingerprint density at radius 1 is 0.979 bits per heavy atom. The molecular weight excluding hydrogens is 614 g/mol. The Hall–Kier alpha value is -3.43. The summed E-state index contributed by atoms with van der Waals surface area (Å²) >= 11 is 0. The summed E-state index contributed by atoms with van der Waals surface area (Å²) in [5.41, 5.74) is 0.522. The lowest BCUT2D eigenvalue weighted by Gasteiger charge is -2.29. The van der Waals surface area contributed by atoms with Gasteiger partial charge in [-0.05, 0) is 58.4 Å². The summed E-state index contributed by atoms with van der Waals surface area (Å²) in [6.45, 7) is 6.31. The van der Waals surface area contributed by atoms with Gasteiger partial charge in [0, 0.05) is 42.9 Å². The minimum absolute atomic E-state index is 0.0278. The van der Waals surface area contributed by atoms with Crippen LogP contribution >= 0.6 is 0 Å². The Balaban J connectivity index is 0.000000306. The van der Waals surface area contributed by atoms with Gasteiger partial charge < -0.3 is 44.5 Å². The van der Waals surface area contributed by atoms with E-state index in [2.05, 4.69) is 5.32 Å². The fourth-order valence-corrected chi connectivity index (χ4v) is 5.72. The van der Waals surface area contributed by atoms with Crippen LogP contribution in [0.4, 0.5) is 0 Å². The van der Waals surface area contributed by atoms with Crippen molar-refractivity contribution in [2.45, 2.75) is 71.0 Å². The van der Waals surface area contributed by atoms with Crippen LogP contribution in [0.1, 0.15) is 82.5 Å². The van der Waals surface area contributed by atoms with Crippen LogP contribution < -0.4 is 10.1 Å². The van der Waals surface area contributed by atoms with Crippen molar-refractivity contribution < 1.29 is 58.9 Å². The topological polar surface area (TPSA) is 201 Å². The molecule has 47 heavy (non-hydrogen) atoms. The lowest BCUT2D eigenvalue weighted by atomic mass is 9.75. The van der Waals surface area contributed by atoms with Gasteiger partial charge >= 0.3 is 0 Å². The lowest BCUT2D eigenvalue weighted by molar-refractivity contribution is -0.129. The van der Waals surface area contributed by atoms with Gasteiger partial charge in [-0.15, -0.1) is 0 Å². The number of aromatic hydroxyl groups is 2. The minimum Gasteiger partial charge on any atom is -0.507 e. The summed E-state index contributed by atoms with van der Waals surface area (Å²) in [7, 11) is 2.40. The summed E-state index contributed by atoms with van der Waals surface area (Å²) in [6.07, 6.45) is 3.00. The maximum atomic E-state index is 13.2. The van der Waals surface area contributed by atoms with E-state index in [1.54, 1.807) is 12.1 Å². The van der Waals surface area contributed by atoms with Crippen LogP contribution in [0.5, 0.6) is 17.2 Å². The summed E-state index contributed by atoms with van der Waals surface area (Å²) < 4.78 is 20.4. The summed E-state index contributed by atoms with van der Waals surface area (Å²) in [5, 5.41) is 49.1. The third-order valence-electron chi connectivity index (χ3n) is 8.10. The molecule has 4 aliphatic rings. The van der Waals surface area contributed by atoms with Crippen LogP contribution in [-0.2, 0) is 31.8 Å². The first-order valence-corrected chi connectivity index (χ1v) is 15.8. The number of Topliss-reactive ketones (excluding diaryl/α,β-unsaturated/α-hetero) is 1. The van der Waals surface area contributed by atoms with Gasteiger partial charge in [0.2, 0.25) is 5.78 Å². The van der Waals surface area contributed by atoms with Crippen molar-refractivity contribution in [2.75, 3.05) is 47.2 Å². The zero-order valence-corrected chi connectivity index (χ0v) is 27.4. The van der Waals surface area contributed by atoms with Crippen molar-refractivity contribution in [1.29, 1.82) is 0 Å². The average molecular weight is 662 g/mol. The van der Waals surface area contributed by atoms with Gasteiger partial charge in [0.1, 0.15) is 30.1 Å². The Bertz CT molecular complexity index is 1360. The van der Waals surface area contributed by atoms with E-state index in [4.69, 9.17) is 34.3 Å². The number of hydrogen-bond acceptors (Lipinski definition) is 13. The van der Waals surface area contributed by atoms with Crippen molar-refractivity contribution in [3.05, 3.63) is 51.6 Å². The van der Waals surface area contributed by atoms with Gasteiger partial charge in [-0.2, -0.15) is 0 Å². The van der Waals surface area contributed by atoms with Gasteiger partial charge in [-0.1, -0.05) is 12.1 Å². The zero-order chi connectivity index (χ0) is 34.7. The number of hydrogen-bond donors (Lipinski definition) is 6. The van der Waals surface area contributed by atoms with Crippen LogP contribution in [0.25, 0.3) is 0 Å². The number of benzene rings is 2. The van der Waals surface area contributed by atoms with Crippen LogP contribution in [0.15, 0.2) is 18.2 Å². The SMILES string of the molecule is CO.COc1cccc2c1C(=O)c1c(O)c3c(c(O)c1C2=O)CC(C(=O)COC(C)C)CC3.OC1CCCCO1.OC1COCCN1. The molecule has 2 saturated heterocycles. The van der Waals surface area contributed by atoms with Gasteiger partial charge in [0.25, 0.3) is 0 Å². The molecule has 2 aromatic rings. The maximum Gasteiger partial charge on any atom is 0.202 e. The van der Waals surface area contributed by atoms with E-state index in [1.807, 2.05) is 13.8 Å². The molecule has 6 N–H and O–H groups in total. The van der Waals surface area contributed by atoms with E-state index in [9.17, 15) is 24.6 Å². The third kappa shape index (κ3) is 9.35. The first kappa shape index (κ1) is 38.0. The molecule has 2 heterocycles. The monoisotopic (exact) mass is 661 g/mol. The molecule has 3 unspecified atom stereocenters. The average Bonchev–Trinajstić information content (AvgIpc) is 3.09. The molecule has 13 nitrogen and oxygen atoms in total. The molecule has 2 aliphatic heterocycles. The molecule has 6 rings (SSSR count). The number of carbonyl (C=O) groups excluding carboxylic acids is 3. The van der Waals surface area contributed by atoms with Crippen LogP contribution in [0, 0.1) is 5.92 Å². The molecular formula is C34H47NO12. The highest BCUT2D eigenvalue weighted by Crippen LogP contribution is 2.47. The molecule has 3 atom stereocenters. The normalized spacial score (nSPS) is 21.3. The predicted octanol–water partition coefficient (Wildman–Crippen LogP) is 2.02. The number of phenols is 2. The number of ketones is 3. The highest BCUT2D eigenvalue weighted by atomic mass is 16.6. The quantitative estimate of drug-likeness (QED) is 0.217. The molecule has 2 fully saturated rings. The first-order chi connectivity index (χ1) is 22.5. The highest BCUT2D eigenvalue weighted by Gasteiger charge is 2.41. The number of morpholine rings is 1. The van der Waals surface area contributed by atoms with Crippen LogP contribution in [-0.4, -0.2) is 109 Å². The number of phenolic OH excluding ortho intramolecular Hbond substituents is 2. The minimum atomic E-state index is -0.568. The van der Waals surface area contributed by atoms with Crippen LogP contribution in [0.3, 0.4) is 0 Å². The van der Waals surface area contributed by atoms with E-state index in [0.717, 1.165) is 46.1 Å². The molecule has 2 aliphatic carbocycles. The number of carbonyl (C=O) groups is 3. The zero-order valence-electron chi connectivity index (χ0n) is 27.4. The molecule has 0 aromatic heterocycles. The van der Waals surface area contributed by atoms with Crippen molar-refractivity contribution in [1.82, 2.24) is 5.32 Å². The number of aliphatic hydroxyl groups excluding tert-OH is 3. The Morgan fingerprint density at radius 3 is 2.21 bits per heavy atom. The van der Waals surface area contributed by atoms with Gasteiger partial charge in [0.05, 0.1) is 43.1 Å². The van der Waals surface area contributed by atoms with Crippen molar-refractivity contribution in [3.63, 3.8) is 0 Å². The van der Waals surface area contributed by atoms with Crippen LogP contribution in [0.2, 0.25) is 0 Å². The molecule has 13 heteroatoms. The Morgan fingerprint density at radius 2 is 1.68 bits per heavy atom. The van der Waals surface area contributed by atoms with Crippen molar-refractivity contribution in [2.24, 2.45) is 5.92 Å². The summed E-state index contributed by atoms with van der Waals surface area (Å²) in [6, 6.07) is 4.65. The highest BCUT2D eigenvalue weighted by molar-refractivity contribution is 6.31. The molecule has 2 aromatic carbocycles. The fraction of sp³-hybridized carbons (Fsp3) is 0.559. The number of aliphatic hydroxyl groups is 3. The second-order valence-electron chi connectivity index (χ2n) is 11.6. The lowest BCUT2D eigenvalue weighted by Crippen LogP contribution is -2.40. The number of nitrogens with one attached hydrogen (secondary N) is 1. The second-order valence-corrected chi connectivity index (χ2v) is 11.6. The standard InChI is InChI=1S/C24H24O7.C5H10O2.C4H9NO2.CH4O/c1-11(2)31-10-16(25)12-7-8-13-15(9-12)23(28)19-20(21(13)26)24(29)18-14(22(19)27)5-4-6-17(18)30-3;6-5-3-1-2-4-7-5;6-4-3-7-2-1-5-4;1-2/h4-6,11-12,26,28H,7-10H2,1-3H3;5-6H,1-4H2;4-6H,1-3H2;2H,1H3. The third-order valence-corrected chi connectivity index (χ3v) is 8.10. The van der Waals surface area contributed by atoms with Gasteiger partial charge in [-0.3, -0.25) is 19.7 Å². The number of ether oxygens (including phenoxy) is 4. The van der Waals surface area contributed by atoms with E-state index in [0.29, 0.717) is 30.6 Å². The molecule has 0 radical (unpaired) electrons. The van der Waals surface area contributed by atoms with E-state index < -0.39 is 30.0 Å². The Labute approximate surface area is 274 Å². The number of fused-ring (bicyclic) bond motifs is 3. The van der Waals surface area contributed by atoms with E-state index >= 15 is 0 Å². The maximum absolute atomic E-state index is 13.2. The van der Waals surface area contributed by atoms with Crippen molar-refractivity contribution in [3.8, 4) is 17.2 Å². The second kappa shape index (κ2) is 18.2. The van der Waals surface area contributed by atoms with Gasteiger partial charge in [0.15, 0.2) is 17.9 Å². The fourth-order valence-electron chi connectivity index (χ4n) is 5.72. The predicted molar refractivity (Wildman–Crippen MR) is 170 cm³/mol. The molecule has 260 valence electrons. The van der Waals surface area contributed by atoms with Gasteiger partial charge in [-0.25, -0.2) is 0 Å². The summed E-state index contributed by atoms with van der Waals surface area (Å²) in [5.74, 6) is -2.02.